The molecule has 1 atom stereocenters. The Bertz CT molecular complexity index is 291. The van der Waals surface area contributed by atoms with E-state index in [2.05, 4.69) is 22.8 Å². The van der Waals surface area contributed by atoms with E-state index >= 15 is 0 Å². The van der Waals surface area contributed by atoms with Crippen molar-refractivity contribution in [3.8, 4) is 5.75 Å². The minimum atomic E-state index is 0.439. The Kier molecular flexibility index (Phi) is 3.59. The number of nitrogens with one attached hydrogen (secondary N) is 2. The molecule has 0 spiro atoms. The predicted molar refractivity (Wildman–Crippen MR) is 61.2 cm³/mol. The first-order chi connectivity index (χ1) is 7.40. The zero-order valence-electron chi connectivity index (χ0n) is 9.12. The molecule has 2 rings (SSSR count). The van der Waals surface area contributed by atoms with E-state index in [4.69, 9.17) is 4.74 Å². The van der Waals surface area contributed by atoms with E-state index in [-0.39, 0.29) is 0 Å². The second kappa shape index (κ2) is 5.14. The van der Waals surface area contributed by atoms with Gasteiger partial charge in [0.2, 0.25) is 0 Å². The largest absolute Gasteiger partial charge is 0.494 e. The summed E-state index contributed by atoms with van der Waals surface area (Å²) in [6.07, 6.45) is 0. The van der Waals surface area contributed by atoms with Gasteiger partial charge in [-0.05, 0) is 24.6 Å². The van der Waals surface area contributed by atoms with Crippen LogP contribution in [0.2, 0.25) is 0 Å². The first-order valence-corrected chi connectivity index (χ1v) is 5.57. The van der Waals surface area contributed by atoms with Gasteiger partial charge >= 0.3 is 0 Å². The van der Waals surface area contributed by atoms with Crippen molar-refractivity contribution in [1.82, 2.24) is 10.6 Å². The van der Waals surface area contributed by atoms with Crippen molar-refractivity contribution in [3.63, 3.8) is 0 Å². The van der Waals surface area contributed by atoms with E-state index < -0.39 is 0 Å². The Morgan fingerprint density at radius 3 is 2.67 bits per heavy atom. The van der Waals surface area contributed by atoms with Gasteiger partial charge in [-0.1, -0.05) is 12.1 Å². The fourth-order valence-corrected chi connectivity index (χ4v) is 1.85. The highest BCUT2D eigenvalue weighted by Gasteiger charge is 2.13. The predicted octanol–water partition coefficient (Wildman–Crippen LogP) is 1.32. The lowest BCUT2D eigenvalue weighted by Gasteiger charge is -2.24. The molecule has 82 valence electrons. The monoisotopic (exact) mass is 206 g/mol. The summed E-state index contributed by atoms with van der Waals surface area (Å²) in [7, 11) is 0. The van der Waals surface area contributed by atoms with Crippen LogP contribution in [-0.4, -0.2) is 26.2 Å². The fraction of sp³-hybridized carbons (Fsp3) is 0.500. The van der Waals surface area contributed by atoms with Gasteiger partial charge in [0.05, 0.1) is 6.61 Å². The van der Waals surface area contributed by atoms with Gasteiger partial charge in [-0.2, -0.15) is 0 Å². The molecule has 1 fully saturated rings. The van der Waals surface area contributed by atoms with Crippen molar-refractivity contribution < 1.29 is 4.74 Å². The maximum atomic E-state index is 5.41. The molecule has 0 radical (unpaired) electrons. The lowest BCUT2D eigenvalue weighted by molar-refractivity contribution is 0.340. The van der Waals surface area contributed by atoms with Gasteiger partial charge in [0.25, 0.3) is 0 Å². The summed E-state index contributed by atoms with van der Waals surface area (Å²) < 4.78 is 5.41. The minimum absolute atomic E-state index is 0.439. The lowest BCUT2D eigenvalue weighted by atomic mass is 10.1. The van der Waals surface area contributed by atoms with Gasteiger partial charge in [0, 0.05) is 25.7 Å². The maximum Gasteiger partial charge on any atom is 0.119 e. The number of ether oxygens (including phenoxy) is 1. The summed E-state index contributed by atoms with van der Waals surface area (Å²) in [6.45, 7) is 5.84. The molecule has 0 saturated carbocycles. The Morgan fingerprint density at radius 1 is 1.27 bits per heavy atom. The molecule has 2 N–H and O–H groups in total. The molecule has 1 aromatic carbocycles. The van der Waals surface area contributed by atoms with Gasteiger partial charge in [-0.25, -0.2) is 0 Å². The minimum Gasteiger partial charge on any atom is -0.494 e. The Balaban J connectivity index is 2.02. The van der Waals surface area contributed by atoms with E-state index in [1.807, 2.05) is 19.1 Å². The van der Waals surface area contributed by atoms with Gasteiger partial charge in [0.1, 0.15) is 5.75 Å². The average molecular weight is 206 g/mol. The van der Waals surface area contributed by atoms with Crippen molar-refractivity contribution in [2.75, 3.05) is 26.2 Å². The lowest BCUT2D eigenvalue weighted by Crippen LogP contribution is -2.42. The standard InChI is InChI=1S/C12H18N2O/c1-2-15-11-5-3-10(4-6-11)12-9-13-7-8-14-12/h3-6,12-14H,2,7-9H2,1H3. The third kappa shape index (κ3) is 2.70. The van der Waals surface area contributed by atoms with Crippen LogP contribution in [0.4, 0.5) is 0 Å². The summed E-state index contributed by atoms with van der Waals surface area (Å²) in [6, 6.07) is 8.78. The van der Waals surface area contributed by atoms with E-state index in [9.17, 15) is 0 Å². The molecule has 3 nitrogen and oxygen atoms in total. The fourth-order valence-electron chi connectivity index (χ4n) is 1.85. The molecule has 0 amide bonds. The molecule has 0 bridgehead atoms. The smallest absolute Gasteiger partial charge is 0.119 e. The van der Waals surface area contributed by atoms with Crippen LogP contribution in [0.15, 0.2) is 24.3 Å². The van der Waals surface area contributed by atoms with Crippen LogP contribution in [0.3, 0.4) is 0 Å². The van der Waals surface area contributed by atoms with E-state index in [1.165, 1.54) is 5.56 Å². The van der Waals surface area contributed by atoms with Crippen molar-refractivity contribution in [3.05, 3.63) is 29.8 Å². The second-order valence-electron chi connectivity index (χ2n) is 3.71. The highest BCUT2D eigenvalue weighted by molar-refractivity contribution is 5.29. The van der Waals surface area contributed by atoms with Crippen LogP contribution >= 0.6 is 0 Å². The molecule has 1 heterocycles. The number of rotatable bonds is 3. The zero-order valence-corrected chi connectivity index (χ0v) is 9.12. The molecule has 1 aromatic rings. The first kappa shape index (κ1) is 10.5. The Morgan fingerprint density at radius 2 is 2.07 bits per heavy atom. The molecule has 0 aliphatic carbocycles. The number of hydrogen-bond acceptors (Lipinski definition) is 3. The normalized spacial score (nSPS) is 21.3. The number of piperazine rings is 1. The molecule has 0 aromatic heterocycles. The van der Waals surface area contributed by atoms with E-state index in [1.54, 1.807) is 0 Å². The van der Waals surface area contributed by atoms with Crippen LogP contribution in [-0.2, 0) is 0 Å². The maximum absolute atomic E-state index is 5.41. The number of hydrogen-bond donors (Lipinski definition) is 2. The quantitative estimate of drug-likeness (QED) is 0.782. The number of benzene rings is 1. The Hall–Kier alpha value is -1.06. The third-order valence-corrected chi connectivity index (χ3v) is 2.63. The van der Waals surface area contributed by atoms with Gasteiger partial charge < -0.3 is 15.4 Å². The van der Waals surface area contributed by atoms with Crippen molar-refractivity contribution in [1.29, 1.82) is 0 Å². The summed E-state index contributed by atoms with van der Waals surface area (Å²) in [5.74, 6) is 0.949. The summed E-state index contributed by atoms with van der Waals surface area (Å²) in [5.41, 5.74) is 1.32. The zero-order chi connectivity index (χ0) is 10.5. The van der Waals surface area contributed by atoms with Gasteiger partial charge in [-0.3, -0.25) is 0 Å². The summed E-state index contributed by atoms with van der Waals surface area (Å²) in [5, 5.41) is 6.86. The molecular weight excluding hydrogens is 188 g/mol. The van der Waals surface area contributed by atoms with E-state index in [0.717, 1.165) is 32.0 Å². The van der Waals surface area contributed by atoms with Crippen molar-refractivity contribution in [2.24, 2.45) is 0 Å². The topological polar surface area (TPSA) is 33.3 Å². The first-order valence-electron chi connectivity index (χ1n) is 5.57. The van der Waals surface area contributed by atoms with Crippen LogP contribution in [0.5, 0.6) is 5.75 Å². The SMILES string of the molecule is CCOc1ccc(C2CNCCN2)cc1. The molecule has 3 heteroatoms. The van der Waals surface area contributed by atoms with Gasteiger partial charge in [0.15, 0.2) is 0 Å². The summed E-state index contributed by atoms with van der Waals surface area (Å²) in [4.78, 5) is 0. The van der Waals surface area contributed by atoms with Crippen molar-refractivity contribution in [2.45, 2.75) is 13.0 Å². The molecule has 1 aliphatic heterocycles. The van der Waals surface area contributed by atoms with Crippen LogP contribution in [0, 0.1) is 0 Å². The second-order valence-corrected chi connectivity index (χ2v) is 3.71. The van der Waals surface area contributed by atoms with Gasteiger partial charge in [-0.15, -0.1) is 0 Å². The molecular formula is C12H18N2O. The van der Waals surface area contributed by atoms with Crippen LogP contribution in [0.1, 0.15) is 18.5 Å². The van der Waals surface area contributed by atoms with Crippen LogP contribution in [0.25, 0.3) is 0 Å². The van der Waals surface area contributed by atoms with Crippen LogP contribution < -0.4 is 15.4 Å². The third-order valence-electron chi connectivity index (χ3n) is 2.63. The highest BCUT2D eigenvalue weighted by Crippen LogP contribution is 2.18. The average Bonchev–Trinajstić information content (AvgIpc) is 2.32. The molecule has 1 aliphatic rings. The van der Waals surface area contributed by atoms with E-state index in [0.29, 0.717) is 6.04 Å². The Labute approximate surface area is 90.8 Å². The molecule has 15 heavy (non-hydrogen) atoms. The molecule has 1 unspecified atom stereocenters. The highest BCUT2D eigenvalue weighted by atomic mass is 16.5. The van der Waals surface area contributed by atoms with Crippen molar-refractivity contribution >= 4 is 0 Å². The molecule has 1 saturated heterocycles. The summed E-state index contributed by atoms with van der Waals surface area (Å²) >= 11 is 0.